The Labute approximate surface area is 192 Å². The van der Waals surface area contributed by atoms with Crippen LogP contribution in [0.4, 0.5) is 5.00 Å². The highest BCUT2D eigenvalue weighted by Crippen LogP contribution is 2.37. The van der Waals surface area contributed by atoms with Gasteiger partial charge in [0.25, 0.3) is 11.8 Å². The van der Waals surface area contributed by atoms with Crippen molar-refractivity contribution in [2.75, 3.05) is 18.4 Å². The van der Waals surface area contributed by atoms with Gasteiger partial charge in [-0.25, -0.2) is 8.42 Å². The predicted octanol–water partition coefficient (Wildman–Crippen LogP) is 3.73. The van der Waals surface area contributed by atoms with E-state index in [0.29, 0.717) is 10.6 Å². The highest BCUT2D eigenvalue weighted by atomic mass is 32.2. The van der Waals surface area contributed by atoms with Crippen LogP contribution >= 0.6 is 11.3 Å². The third kappa shape index (κ3) is 5.01. The third-order valence-corrected chi connectivity index (χ3v) is 8.37. The zero-order valence-corrected chi connectivity index (χ0v) is 19.4. The summed E-state index contributed by atoms with van der Waals surface area (Å²) in [7, 11) is -3.75. The second-order valence-corrected chi connectivity index (χ2v) is 10.6. The van der Waals surface area contributed by atoms with Crippen LogP contribution in [0.2, 0.25) is 0 Å². The van der Waals surface area contributed by atoms with Gasteiger partial charge in [-0.05, 0) is 55.5 Å². The molecule has 1 heterocycles. The number of nitrogens with two attached hydrogens (primary N) is 1. The summed E-state index contributed by atoms with van der Waals surface area (Å²) in [6, 6.07) is 5.68. The van der Waals surface area contributed by atoms with Crippen LogP contribution < -0.4 is 11.1 Å². The van der Waals surface area contributed by atoms with Gasteiger partial charge in [-0.3, -0.25) is 9.59 Å². The van der Waals surface area contributed by atoms with Gasteiger partial charge in [0.15, 0.2) is 0 Å². The minimum atomic E-state index is -3.75. The fourth-order valence-corrected chi connectivity index (χ4v) is 6.42. The topological polar surface area (TPSA) is 110 Å². The molecule has 0 aliphatic heterocycles. The summed E-state index contributed by atoms with van der Waals surface area (Å²) in [6.07, 6.45) is 7.79. The summed E-state index contributed by atoms with van der Waals surface area (Å²) in [5, 5.41) is 3.25. The molecule has 2 aromatic rings. The molecule has 1 aromatic carbocycles. The Kier molecular flexibility index (Phi) is 7.65. The van der Waals surface area contributed by atoms with E-state index in [1.807, 2.05) is 0 Å². The van der Waals surface area contributed by atoms with Gasteiger partial charge in [-0.2, -0.15) is 4.31 Å². The Hall–Kier alpha value is -2.75. The van der Waals surface area contributed by atoms with Gasteiger partial charge >= 0.3 is 0 Å². The minimum absolute atomic E-state index is 0.0680. The lowest BCUT2D eigenvalue weighted by atomic mass is 10.1. The molecule has 32 heavy (non-hydrogen) atoms. The maximum Gasteiger partial charge on any atom is 0.256 e. The van der Waals surface area contributed by atoms with Gasteiger partial charge in [-0.15, -0.1) is 24.5 Å². The molecule has 0 fully saturated rings. The summed E-state index contributed by atoms with van der Waals surface area (Å²) in [6.45, 7) is 7.48. The molecule has 1 aliphatic rings. The maximum absolute atomic E-state index is 12.8. The van der Waals surface area contributed by atoms with Crippen molar-refractivity contribution in [2.45, 2.75) is 37.0 Å². The Morgan fingerprint density at radius 3 is 2.28 bits per heavy atom. The number of benzene rings is 1. The van der Waals surface area contributed by atoms with Crippen LogP contribution in [0, 0.1) is 0 Å². The number of aryl methyl sites for hydroxylation is 1. The number of primary amides is 1. The van der Waals surface area contributed by atoms with E-state index in [9.17, 15) is 18.0 Å². The Bertz CT molecular complexity index is 1120. The molecule has 0 radical (unpaired) electrons. The summed E-state index contributed by atoms with van der Waals surface area (Å²) >= 11 is 1.39. The number of carbonyl (C=O) groups is 2. The summed E-state index contributed by atoms with van der Waals surface area (Å²) in [4.78, 5) is 26.1. The van der Waals surface area contributed by atoms with Crippen molar-refractivity contribution in [3.8, 4) is 0 Å². The first-order chi connectivity index (χ1) is 15.3. The van der Waals surface area contributed by atoms with E-state index in [0.717, 1.165) is 42.5 Å². The predicted molar refractivity (Wildman–Crippen MR) is 128 cm³/mol. The number of nitrogens with one attached hydrogen (secondary N) is 1. The number of nitrogens with zero attached hydrogens (tertiary/aromatic N) is 1. The number of amides is 2. The number of sulfonamides is 1. The van der Waals surface area contributed by atoms with E-state index in [1.165, 1.54) is 52.1 Å². The van der Waals surface area contributed by atoms with E-state index in [1.54, 1.807) is 0 Å². The van der Waals surface area contributed by atoms with Crippen molar-refractivity contribution in [1.29, 1.82) is 0 Å². The normalized spacial score (nSPS) is 13.8. The average Bonchev–Trinajstić information content (AvgIpc) is 2.94. The Balaban J connectivity index is 1.83. The monoisotopic (exact) mass is 473 g/mol. The number of fused-ring (bicyclic) bond motifs is 1. The molecule has 9 heteroatoms. The lowest BCUT2D eigenvalue weighted by Crippen LogP contribution is -2.31. The van der Waals surface area contributed by atoms with Crippen molar-refractivity contribution < 1.29 is 18.0 Å². The number of rotatable bonds is 9. The van der Waals surface area contributed by atoms with Crippen LogP contribution in [0.25, 0.3) is 0 Å². The fraction of sp³-hybridized carbons (Fsp3) is 0.304. The molecule has 2 amide bonds. The molecular formula is C23H27N3O4S2. The highest BCUT2D eigenvalue weighted by molar-refractivity contribution is 7.89. The molecule has 3 N–H and O–H groups in total. The molecule has 0 bridgehead atoms. The first-order valence-electron chi connectivity index (χ1n) is 10.4. The van der Waals surface area contributed by atoms with Gasteiger partial charge in [-0.1, -0.05) is 18.6 Å². The van der Waals surface area contributed by atoms with Crippen molar-refractivity contribution in [1.82, 2.24) is 4.31 Å². The van der Waals surface area contributed by atoms with Gasteiger partial charge in [0, 0.05) is 23.5 Å². The molecule has 1 aromatic heterocycles. The molecular weight excluding hydrogens is 446 g/mol. The molecule has 0 saturated carbocycles. The first kappa shape index (κ1) is 23.9. The smallest absolute Gasteiger partial charge is 0.256 e. The molecule has 0 atom stereocenters. The summed E-state index contributed by atoms with van der Waals surface area (Å²) in [5.41, 5.74) is 7.24. The van der Waals surface area contributed by atoms with E-state index < -0.39 is 21.8 Å². The Morgan fingerprint density at radius 2 is 1.69 bits per heavy atom. The summed E-state index contributed by atoms with van der Waals surface area (Å²) < 4.78 is 26.9. The molecule has 0 spiro atoms. The third-order valence-electron chi connectivity index (χ3n) is 5.31. The molecule has 7 nitrogen and oxygen atoms in total. The standard InChI is InChI=1S/C23H27N3O4S2/c1-3-14-26(15-4-2)32(29,30)17-12-10-16(11-13-17)22(28)25-23-20(21(24)27)18-8-6-5-7-9-19(18)31-23/h3-4,10-13H,1-2,5-9,14-15H2,(H2,24,27)(H,25,28). The number of carbonyl (C=O) groups excluding carboxylic acids is 2. The van der Waals surface area contributed by atoms with Crippen molar-refractivity contribution in [3.05, 3.63) is 71.1 Å². The van der Waals surface area contributed by atoms with E-state index >= 15 is 0 Å². The zero-order chi connectivity index (χ0) is 23.3. The lowest BCUT2D eigenvalue weighted by molar-refractivity contribution is 0.100. The van der Waals surface area contributed by atoms with E-state index in [2.05, 4.69) is 18.5 Å². The van der Waals surface area contributed by atoms with Crippen LogP contribution in [-0.4, -0.2) is 37.6 Å². The van der Waals surface area contributed by atoms with E-state index in [4.69, 9.17) is 5.73 Å². The molecule has 170 valence electrons. The SMILES string of the molecule is C=CCN(CC=C)S(=O)(=O)c1ccc(C(=O)Nc2sc3c(c2C(N)=O)CCCCC3)cc1. The second kappa shape index (κ2) is 10.2. The summed E-state index contributed by atoms with van der Waals surface area (Å²) in [5.74, 6) is -0.979. The van der Waals surface area contributed by atoms with Gasteiger partial charge in [0.2, 0.25) is 10.0 Å². The van der Waals surface area contributed by atoms with Crippen LogP contribution in [0.5, 0.6) is 0 Å². The number of thiophene rings is 1. The van der Waals surface area contributed by atoms with Crippen molar-refractivity contribution in [2.24, 2.45) is 5.73 Å². The number of hydrogen-bond donors (Lipinski definition) is 2. The number of anilines is 1. The van der Waals surface area contributed by atoms with Crippen LogP contribution in [-0.2, 0) is 22.9 Å². The van der Waals surface area contributed by atoms with Crippen molar-refractivity contribution in [3.63, 3.8) is 0 Å². The maximum atomic E-state index is 12.8. The van der Waals surface area contributed by atoms with Crippen molar-refractivity contribution >= 4 is 38.2 Å². The fourth-order valence-electron chi connectivity index (χ4n) is 3.75. The van der Waals surface area contributed by atoms with Crippen LogP contribution in [0.15, 0.2) is 54.5 Å². The molecule has 0 saturated heterocycles. The van der Waals surface area contributed by atoms with Gasteiger partial charge in [0.1, 0.15) is 5.00 Å². The van der Waals surface area contributed by atoms with Crippen LogP contribution in [0.3, 0.4) is 0 Å². The van der Waals surface area contributed by atoms with Gasteiger partial charge in [0.05, 0.1) is 10.5 Å². The molecule has 1 aliphatic carbocycles. The second-order valence-electron chi connectivity index (χ2n) is 7.51. The van der Waals surface area contributed by atoms with E-state index in [-0.39, 0.29) is 23.5 Å². The largest absolute Gasteiger partial charge is 0.365 e. The van der Waals surface area contributed by atoms with Crippen LogP contribution in [0.1, 0.15) is 50.4 Å². The Morgan fingerprint density at radius 1 is 1.06 bits per heavy atom. The van der Waals surface area contributed by atoms with Gasteiger partial charge < -0.3 is 11.1 Å². The lowest BCUT2D eigenvalue weighted by Gasteiger charge is -2.19. The molecule has 3 rings (SSSR count). The zero-order valence-electron chi connectivity index (χ0n) is 17.8. The average molecular weight is 474 g/mol. The quantitative estimate of drug-likeness (QED) is 0.427. The minimum Gasteiger partial charge on any atom is -0.365 e. The molecule has 0 unspecified atom stereocenters. The number of hydrogen-bond acceptors (Lipinski definition) is 5. The highest BCUT2D eigenvalue weighted by Gasteiger charge is 2.25. The first-order valence-corrected chi connectivity index (χ1v) is 12.6.